The number of halogens is 1. The Labute approximate surface area is 97.9 Å². The molecular weight excluding hydrogens is 253 g/mol. The van der Waals surface area contributed by atoms with Crippen molar-refractivity contribution < 1.29 is 12.8 Å². The van der Waals surface area contributed by atoms with Crippen molar-refractivity contribution in [3.05, 3.63) is 29.6 Å². The van der Waals surface area contributed by atoms with Crippen molar-refractivity contribution in [1.82, 2.24) is 10.3 Å². The highest BCUT2D eigenvalue weighted by Crippen LogP contribution is 2.13. The molecule has 0 aliphatic heterocycles. The lowest BCUT2D eigenvalue weighted by atomic mass is 10.2. The van der Waals surface area contributed by atoms with Gasteiger partial charge in [-0.25, -0.2) is 12.8 Å². The van der Waals surface area contributed by atoms with Gasteiger partial charge in [0.1, 0.15) is 5.82 Å². The van der Waals surface area contributed by atoms with Crippen LogP contribution in [0.2, 0.25) is 0 Å². The minimum atomic E-state index is -3.86. The maximum atomic E-state index is 13.1. The van der Waals surface area contributed by atoms with E-state index in [-0.39, 0.29) is 10.0 Å². The zero-order valence-corrected chi connectivity index (χ0v) is 9.95. The average molecular weight is 263 g/mol. The van der Waals surface area contributed by atoms with Crippen LogP contribution in [0.5, 0.6) is 0 Å². The van der Waals surface area contributed by atoms with Crippen LogP contribution in [0.4, 0.5) is 4.39 Å². The number of hydrazine groups is 1. The van der Waals surface area contributed by atoms with Crippen molar-refractivity contribution in [2.24, 2.45) is 5.73 Å². The highest BCUT2D eigenvalue weighted by molar-refractivity contribution is 7.89. The summed E-state index contributed by atoms with van der Waals surface area (Å²) in [6.45, 7) is 1.53. The first-order chi connectivity index (χ1) is 7.33. The smallest absolute Gasteiger partial charge is 0.257 e. The van der Waals surface area contributed by atoms with E-state index in [2.05, 4.69) is 17.6 Å². The molecule has 5 nitrogen and oxygen atoms in total. The van der Waals surface area contributed by atoms with Gasteiger partial charge >= 0.3 is 0 Å². The maximum Gasteiger partial charge on any atom is 0.257 e. The standard InChI is InChI=1S/C8H10FN3O2S2/c1-5-2-3-6(4-7(5)9)16(13,14)12-11-8(10)15/h2-4,12H,1H3,(H3,10,11,15). The molecule has 88 valence electrons. The molecule has 0 bridgehead atoms. The lowest BCUT2D eigenvalue weighted by molar-refractivity contribution is 0.573. The molecule has 1 aromatic rings. The van der Waals surface area contributed by atoms with Gasteiger partial charge in [0.05, 0.1) is 4.90 Å². The fraction of sp³-hybridized carbons (Fsp3) is 0.125. The Hall–Kier alpha value is -1.25. The van der Waals surface area contributed by atoms with E-state index in [1.807, 2.05) is 4.83 Å². The van der Waals surface area contributed by atoms with E-state index < -0.39 is 15.8 Å². The highest BCUT2D eigenvalue weighted by Gasteiger charge is 2.15. The average Bonchev–Trinajstić information content (AvgIpc) is 2.19. The van der Waals surface area contributed by atoms with Crippen LogP contribution >= 0.6 is 12.2 Å². The molecule has 0 saturated heterocycles. The van der Waals surface area contributed by atoms with Crippen molar-refractivity contribution in [2.45, 2.75) is 11.8 Å². The van der Waals surface area contributed by atoms with Crippen LogP contribution < -0.4 is 16.0 Å². The van der Waals surface area contributed by atoms with Gasteiger partial charge in [0.15, 0.2) is 5.11 Å². The van der Waals surface area contributed by atoms with Crippen LogP contribution in [0.15, 0.2) is 23.1 Å². The van der Waals surface area contributed by atoms with Crippen LogP contribution in [0, 0.1) is 12.7 Å². The lowest BCUT2D eigenvalue weighted by Crippen LogP contribution is -2.44. The summed E-state index contributed by atoms with van der Waals surface area (Å²) in [5.41, 5.74) is 7.48. The van der Waals surface area contributed by atoms with Gasteiger partial charge in [-0.2, -0.15) is 0 Å². The van der Waals surface area contributed by atoms with E-state index in [0.717, 1.165) is 6.07 Å². The number of aryl methyl sites for hydroxylation is 1. The van der Waals surface area contributed by atoms with Crippen LogP contribution in [-0.4, -0.2) is 13.5 Å². The number of sulfonamides is 1. The zero-order chi connectivity index (χ0) is 12.3. The van der Waals surface area contributed by atoms with E-state index in [0.29, 0.717) is 5.56 Å². The molecule has 0 aliphatic rings. The largest absolute Gasteiger partial charge is 0.375 e. The van der Waals surface area contributed by atoms with E-state index in [9.17, 15) is 12.8 Å². The molecule has 4 N–H and O–H groups in total. The quantitative estimate of drug-likeness (QED) is 0.534. The fourth-order valence-electron chi connectivity index (χ4n) is 0.917. The lowest BCUT2D eigenvalue weighted by Gasteiger charge is -2.08. The van der Waals surface area contributed by atoms with Gasteiger partial charge in [-0.15, -0.1) is 4.83 Å². The maximum absolute atomic E-state index is 13.1. The summed E-state index contributed by atoms with van der Waals surface area (Å²) in [4.78, 5) is 1.70. The van der Waals surface area contributed by atoms with E-state index in [1.54, 1.807) is 0 Å². The Bertz CT molecular complexity index is 516. The minimum absolute atomic E-state index is 0.209. The first-order valence-corrected chi connectivity index (χ1v) is 6.05. The molecule has 0 aromatic heterocycles. The SMILES string of the molecule is Cc1ccc(S(=O)(=O)NNC(N)=S)cc1F. The Kier molecular flexibility index (Phi) is 3.79. The molecule has 0 amide bonds. The molecule has 1 rings (SSSR count). The van der Waals surface area contributed by atoms with Gasteiger partial charge in [-0.3, -0.25) is 5.43 Å². The first-order valence-electron chi connectivity index (χ1n) is 4.16. The van der Waals surface area contributed by atoms with E-state index >= 15 is 0 Å². The molecule has 0 unspecified atom stereocenters. The normalized spacial score (nSPS) is 11.1. The predicted octanol–water partition coefficient (Wildman–Crippen LogP) is 0.161. The number of rotatable bonds is 3. The molecular formula is C8H10FN3O2S2. The van der Waals surface area contributed by atoms with Crippen LogP contribution in [0.1, 0.15) is 5.56 Å². The summed E-state index contributed by atoms with van der Waals surface area (Å²) in [6.07, 6.45) is 0. The second-order valence-corrected chi connectivity index (χ2v) is 5.13. The first kappa shape index (κ1) is 12.8. The summed E-state index contributed by atoms with van der Waals surface area (Å²) in [7, 11) is -3.86. The Morgan fingerprint density at radius 3 is 2.62 bits per heavy atom. The van der Waals surface area contributed by atoms with Crippen molar-refractivity contribution in [3.63, 3.8) is 0 Å². The van der Waals surface area contributed by atoms with E-state index in [4.69, 9.17) is 5.73 Å². The zero-order valence-electron chi connectivity index (χ0n) is 8.32. The molecule has 0 aliphatic carbocycles. The number of benzene rings is 1. The van der Waals surface area contributed by atoms with Gasteiger partial charge in [-0.1, -0.05) is 6.07 Å². The van der Waals surface area contributed by atoms with Crippen molar-refractivity contribution in [1.29, 1.82) is 0 Å². The van der Waals surface area contributed by atoms with Gasteiger partial charge in [0, 0.05) is 0 Å². The second kappa shape index (κ2) is 4.73. The summed E-state index contributed by atoms with van der Waals surface area (Å²) >= 11 is 4.43. The molecule has 0 spiro atoms. The summed E-state index contributed by atoms with van der Waals surface area (Å²) in [6, 6.07) is 3.56. The summed E-state index contributed by atoms with van der Waals surface area (Å²) in [5, 5.41) is -0.226. The predicted molar refractivity (Wildman–Crippen MR) is 61.4 cm³/mol. The fourth-order valence-corrected chi connectivity index (χ4v) is 1.90. The molecule has 0 atom stereocenters. The summed E-state index contributed by atoms with van der Waals surface area (Å²) < 4.78 is 36.2. The highest BCUT2D eigenvalue weighted by atomic mass is 32.2. The second-order valence-electron chi connectivity index (χ2n) is 3.01. The Morgan fingerprint density at radius 1 is 1.50 bits per heavy atom. The number of hydrogen-bond acceptors (Lipinski definition) is 3. The van der Waals surface area contributed by atoms with E-state index in [1.165, 1.54) is 19.1 Å². The van der Waals surface area contributed by atoms with Crippen molar-refractivity contribution in [3.8, 4) is 0 Å². The number of hydrogen-bond donors (Lipinski definition) is 3. The third-order valence-corrected chi connectivity index (χ3v) is 3.11. The van der Waals surface area contributed by atoms with Gasteiger partial charge in [0.25, 0.3) is 10.0 Å². The third-order valence-electron chi connectivity index (χ3n) is 1.76. The molecule has 0 saturated carbocycles. The number of nitrogens with one attached hydrogen (secondary N) is 2. The number of nitrogens with two attached hydrogens (primary N) is 1. The van der Waals surface area contributed by atoms with Gasteiger partial charge in [-0.05, 0) is 36.8 Å². The molecule has 16 heavy (non-hydrogen) atoms. The molecule has 0 radical (unpaired) electrons. The Balaban J connectivity index is 2.99. The van der Waals surface area contributed by atoms with Gasteiger partial charge < -0.3 is 5.73 Å². The van der Waals surface area contributed by atoms with Crippen LogP contribution in [-0.2, 0) is 10.0 Å². The Morgan fingerprint density at radius 2 is 2.12 bits per heavy atom. The monoisotopic (exact) mass is 263 g/mol. The minimum Gasteiger partial charge on any atom is -0.375 e. The molecule has 8 heteroatoms. The van der Waals surface area contributed by atoms with Crippen LogP contribution in [0.3, 0.4) is 0 Å². The van der Waals surface area contributed by atoms with Crippen molar-refractivity contribution >= 4 is 27.4 Å². The molecule has 0 heterocycles. The topological polar surface area (TPSA) is 84.2 Å². The number of thiocarbonyl (C=S) groups is 1. The summed E-state index contributed by atoms with van der Waals surface area (Å²) in [5.74, 6) is -0.599. The van der Waals surface area contributed by atoms with Crippen LogP contribution in [0.25, 0.3) is 0 Å². The molecule has 1 aromatic carbocycles. The third kappa shape index (κ3) is 3.12. The van der Waals surface area contributed by atoms with Crippen molar-refractivity contribution in [2.75, 3.05) is 0 Å². The van der Waals surface area contributed by atoms with Gasteiger partial charge in [0.2, 0.25) is 0 Å². The molecule has 0 fully saturated rings.